The number of likely N-dealkylation sites (N-methyl/N-ethyl adjacent to an activating group) is 1. The summed E-state index contributed by atoms with van der Waals surface area (Å²) < 4.78 is 0. The van der Waals surface area contributed by atoms with Crippen molar-refractivity contribution in [3.05, 3.63) is 16.1 Å². The van der Waals surface area contributed by atoms with Crippen molar-refractivity contribution in [3.8, 4) is 0 Å². The van der Waals surface area contributed by atoms with Crippen LogP contribution >= 0.6 is 23.1 Å². The van der Waals surface area contributed by atoms with Crippen molar-refractivity contribution in [1.82, 2.24) is 10.3 Å². The van der Waals surface area contributed by atoms with Crippen LogP contribution in [0.5, 0.6) is 0 Å². The van der Waals surface area contributed by atoms with Gasteiger partial charge in [0.15, 0.2) is 0 Å². The topological polar surface area (TPSA) is 24.9 Å². The summed E-state index contributed by atoms with van der Waals surface area (Å²) in [6.07, 6.45) is 2.31. The third-order valence-electron chi connectivity index (χ3n) is 2.82. The number of aromatic nitrogens is 1. The predicted octanol–water partition coefficient (Wildman–Crippen LogP) is 3.71. The molecule has 0 spiro atoms. The molecule has 1 heterocycles. The highest BCUT2D eigenvalue weighted by atomic mass is 32.2. The Morgan fingerprint density at radius 2 is 2.17 bits per heavy atom. The highest BCUT2D eigenvalue weighted by Crippen LogP contribution is 2.24. The molecule has 18 heavy (non-hydrogen) atoms. The van der Waals surface area contributed by atoms with Crippen molar-refractivity contribution >= 4 is 23.1 Å². The Morgan fingerprint density at radius 3 is 2.67 bits per heavy atom. The van der Waals surface area contributed by atoms with E-state index in [2.05, 4.69) is 45.4 Å². The van der Waals surface area contributed by atoms with Gasteiger partial charge in [0.25, 0.3) is 0 Å². The molecule has 1 aromatic rings. The van der Waals surface area contributed by atoms with Gasteiger partial charge in [0.1, 0.15) is 0 Å². The van der Waals surface area contributed by atoms with E-state index in [1.54, 1.807) is 11.3 Å². The van der Waals surface area contributed by atoms with Gasteiger partial charge in [-0.1, -0.05) is 27.7 Å². The Morgan fingerprint density at radius 1 is 1.44 bits per heavy atom. The van der Waals surface area contributed by atoms with E-state index < -0.39 is 0 Å². The minimum Gasteiger partial charge on any atom is -0.316 e. The molecule has 104 valence electrons. The van der Waals surface area contributed by atoms with Gasteiger partial charge in [0, 0.05) is 29.0 Å². The number of thiazole rings is 1. The van der Waals surface area contributed by atoms with E-state index in [0.29, 0.717) is 6.04 Å². The van der Waals surface area contributed by atoms with E-state index in [-0.39, 0.29) is 5.41 Å². The van der Waals surface area contributed by atoms with E-state index in [9.17, 15) is 0 Å². The lowest BCUT2D eigenvalue weighted by atomic mass is 9.93. The summed E-state index contributed by atoms with van der Waals surface area (Å²) in [4.78, 5) is 4.77. The molecular formula is C14H26N2S2. The van der Waals surface area contributed by atoms with Crippen molar-refractivity contribution in [2.24, 2.45) is 0 Å². The lowest BCUT2D eigenvalue weighted by Gasteiger charge is -2.15. The molecule has 2 nitrogen and oxygen atoms in total. The maximum absolute atomic E-state index is 4.77. The minimum atomic E-state index is 0.168. The summed E-state index contributed by atoms with van der Waals surface area (Å²) in [6.45, 7) is 8.90. The molecule has 0 fully saturated rings. The maximum Gasteiger partial charge on any atom is 0.0944 e. The number of hydrogen-bond donors (Lipinski definition) is 1. The van der Waals surface area contributed by atoms with Gasteiger partial charge in [-0.25, -0.2) is 4.98 Å². The van der Waals surface area contributed by atoms with Crippen LogP contribution in [0.15, 0.2) is 5.38 Å². The smallest absolute Gasteiger partial charge is 0.0944 e. The summed E-state index contributed by atoms with van der Waals surface area (Å²) in [5.74, 6) is 2.43. The predicted molar refractivity (Wildman–Crippen MR) is 85.0 cm³/mol. The quantitative estimate of drug-likeness (QED) is 0.773. The average molecular weight is 287 g/mol. The van der Waals surface area contributed by atoms with Gasteiger partial charge in [-0.3, -0.25) is 0 Å². The molecule has 0 aromatic carbocycles. The van der Waals surface area contributed by atoms with Crippen LogP contribution < -0.4 is 5.32 Å². The summed E-state index contributed by atoms with van der Waals surface area (Å²) in [5.41, 5.74) is 1.39. The van der Waals surface area contributed by atoms with E-state index in [4.69, 9.17) is 4.98 Å². The Bertz CT molecular complexity index is 342. The highest BCUT2D eigenvalue weighted by molar-refractivity contribution is 7.99. The molecular weight excluding hydrogens is 260 g/mol. The first-order valence-corrected chi connectivity index (χ1v) is 8.70. The maximum atomic E-state index is 4.77. The molecule has 0 saturated heterocycles. The average Bonchev–Trinajstić information content (AvgIpc) is 2.76. The lowest BCUT2D eigenvalue weighted by Crippen LogP contribution is -2.30. The van der Waals surface area contributed by atoms with E-state index in [0.717, 1.165) is 6.42 Å². The number of rotatable bonds is 7. The van der Waals surface area contributed by atoms with Crippen LogP contribution in [0.4, 0.5) is 0 Å². The fourth-order valence-electron chi connectivity index (χ4n) is 1.57. The molecule has 1 atom stereocenters. The second kappa shape index (κ2) is 7.51. The fraction of sp³-hybridized carbons (Fsp3) is 0.786. The number of nitrogens with zero attached hydrogens (tertiary/aromatic N) is 1. The first-order valence-electron chi connectivity index (χ1n) is 6.67. The molecule has 1 unspecified atom stereocenters. The van der Waals surface area contributed by atoms with Gasteiger partial charge in [-0.2, -0.15) is 11.8 Å². The largest absolute Gasteiger partial charge is 0.316 e. The van der Waals surface area contributed by atoms with E-state index in [1.807, 2.05) is 11.8 Å². The highest BCUT2D eigenvalue weighted by Gasteiger charge is 2.18. The monoisotopic (exact) mass is 286 g/mol. The molecule has 4 heteroatoms. The second-order valence-electron chi connectivity index (χ2n) is 5.64. The van der Waals surface area contributed by atoms with Crippen LogP contribution in [-0.4, -0.2) is 29.6 Å². The van der Waals surface area contributed by atoms with Gasteiger partial charge in [0.05, 0.1) is 10.7 Å². The van der Waals surface area contributed by atoms with Crippen LogP contribution in [0, 0.1) is 0 Å². The molecule has 1 rings (SSSR count). The molecule has 0 radical (unpaired) electrons. The normalized spacial score (nSPS) is 13.8. The van der Waals surface area contributed by atoms with Crippen LogP contribution in [0.2, 0.25) is 0 Å². The van der Waals surface area contributed by atoms with Crippen molar-refractivity contribution in [2.45, 2.75) is 52.0 Å². The van der Waals surface area contributed by atoms with Gasteiger partial charge in [-0.05, 0) is 19.2 Å². The van der Waals surface area contributed by atoms with Crippen LogP contribution in [-0.2, 0) is 11.8 Å². The first kappa shape index (κ1) is 16.0. The molecule has 1 N–H and O–H groups in total. The van der Waals surface area contributed by atoms with Gasteiger partial charge in [-0.15, -0.1) is 11.3 Å². The van der Waals surface area contributed by atoms with Gasteiger partial charge < -0.3 is 5.32 Å². The number of hydrogen-bond acceptors (Lipinski definition) is 4. The summed E-state index contributed by atoms with van der Waals surface area (Å²) in [5, 5.41) is 6.87. The Labute approximate surface area is 120 Å². The first-order chi connectivity index (χ1) is 8.47. The molecule has 0 bridgehead atoms. The number of nitrogens with one attached hydrogen (secondary N) is 1. The third-order valence-corrected chi connectivity index (χ3v) is 5.02. The second-order valence-corrected chi connectivity index (χ2v) is 7.73. The Balaban J connectivity index is 2.51. The summed E-state index contributed by atoms with van der Waals surface area (Å²) in [7, 11) is 2.05. The Hall–Kier alpha value is -0.0600. The standard InChI is InChI=1S/C14H26N2S2/c1-6-7-17-9-11(15-5)8-13-16-12(10-18-13)14(2,3)4/h10-11,15H,6-9H2,1-5H3. The summed E-state index contributed by atoms with van der Waals surface area (Å²) >= 11 is 3.83. The zero-order chi connectivity index (χ0) is 13.6. The molecule has 0 amide bonds. The molecule has 1 aromatic heterocycles. The van der Waals surface area contributed by atoms with E-state index >= 15 is 0 Å². The Kier molecular flexibility index (Phi) is 6.67. The zero-order valence-electron chi connectivity index (χ0n) is 12.2. The zero-order valence-corrected chi connectivity index (χ0v) is 13.9. The van der Waals surface area contributed by atoms with Crippen molar-refractivity contribution in [1.29, 1.82) is 0 Å². The summed E-state index contributed by atoms with van der Waals surface area (Å²) in [6, 6.07) is 0.542. The molecule has 0 aliphatic carbocycles. The molecule has 0 saturated carbocycles. The fourth-order valence-corrected chi connectivity index (χ4v) is 3.70. The SMILES string of the molecule is CCCSCC(Cc1nc(C(C)(C)C)cs1)NC. The van der Waals surface area contributed by atoms with E-state index in [1.165, 1.54) is 28.6 Å². The van der Waals surface area contributed by atoms with Crippen LogP contribution in [0.3, 0.4) is 0 Å². The van der Waals surface area contributed by atoms with Crippen LogP contribution in [0.25, 0.3) is 0 Å². The van der Waals surface area contributed by atoms with Crippen molar-refractivity contribution < 1.29 is 0 Å². The lowest BCUT2D eigenvalue weighted by molar-refractivity contribution is 0.565. The molecule has 0 aliphatic heterocycles. The van der Waals surface area contributed by atoms with Gasteiger partial charge in [0.2, 0.25) is 0 Å². The van der Waals surface area contributed by atoms with Crippen molar-refractivity contribution in [3.63, 3.8) is 0 Å². The minimum absolute atomic E-state index is 0.168. The molecule has 0 aliphatic rings. The number of thioether (sulfide) groups is 1. The van der Waals surface area contributed by atoms with Gasteiger partial charge >= 0.3 is 0 Å². The van der Waals surface area contributed by atoms with Crippen LogP contribution in [0.1, 0.15) is 44.8 Å². The van der Waals surface area contributed by atoms with Crippen molar-refractivity contribution in [2.75, 3.05) is 18.6 Å². The third kappa shape index (κ3) is 5.29.